The summed E-state index contributed by atoms with van der Waals surface area (Å²) in [6.07, 6.45) is 11.5. The average Bonchev–Trinajstić information content (AvgIpc) is 3.59. The van der Waals surface area contributed by atoms with Crippen molar-refractivity contribution in [1.29, 1.82) is 0 Å². The normalized spacial score (nSPS) is 23.2. The van der Waals surface area contributed by atoms with Crippen molar-refractivity contribution >= 4 is 36.3 Å². The summed E-state index contributed by atoms with van der Waals surface area (Å²) in [4.78, 5) is 29.3. The molecule has 0 radical (unpaired) electrons. The smallest absolute Gasteiger partial charge is 0.324 e. The van der Waals surface area contributed by atoms with E-state index >= 15 is 0 Å². The number of allylic oxidation sites excluding steroid dienone is 3. The lowest BCUT2D eigenvalue weighted by Gasteiger charge is -2.33. The highest BCUT2D eigenvalue weighted by Gasteiger charge is 2.33. The fourth-order valence-corrected chi connectivity index (χ4v) is 6.21. The Labute approximate surface area is 192 Å². The van der Waals surface area contributed by atoms with Crippen LogP contribution in [-0.2, 0) is 4.57 Å². The summed E-state index contributed by atoms with van der Waals surface area (Å²) in [6.45, 7) is 4.16. The van der Waals surface area contributed by atoms with Crippen LogP contribution in [-0.4, -0.2) is 25.9 Å². The van der Waals surface area contributed by atoms with Crippen LogP contribution in [0, 0.1) is 11.8 Å². The fourth-order valence-electron chi connectivity index (χ4n) is 4.92. The van der Waals surface area contributed by atoms with E-state index < -0.39 is 7.60 Å². The third kappa shape index (κ3) is 4.33. The molecule has 1 aliphatic heterocycles. The summed E-state index contributed by atoms with van der Waals surface area (Å²) in [6, 6.07) is 8.54. The topological polar surface area (TPSA) is 86.6 Å². The molecule has 2 aliphatic carbocycles. The molecule has 3 aliphatic rings. The molecule has 0 atom stereocenters. The molecule has 0 amide bonds. The summed E-state index contributed by atoms with van der Waals surface area (Å²) < 4.78 is 11.3. The Morgan fingerprint density at radius 3 is 2.41 bits per heavy atom. The van der Waals surface area contributed by atoms with E-state index in [2.05, 4.69) is 63.9 Å². The van der Waals surface area contributed by atoms with E-state index in [-0.39, 0.29) is 18.0 Å². The molecule has 8 heteroatoms. The van der Waals surface area contributed by atoms with Crippen molar-refractivity contribution in [3.63, 3.8) is 0 Å². The van der Waals surface area contributed by atoms with E-state index in [1.54, 1.807) is 0 Å². The lowest BCUT2D eigenvalue weighted by Crippen LogP contribution is -2.24. The lowest BCUT2D eigenvalue weighted by atomic mass is 9.79. The summed E-state index contributed by atoms with van der Waals surface area (Å²) in [5.74, 6) is 1.54. The van der Waals surface area contributed by atoms with Crippen molar-refractivity contribution in [1.82, 2.24) is 9.97 Å². The highest BCUT2D eigenvalue weighted by atomic mass is 35.5. The largest absolute Gasteiger partial charge is 0.325 e. The molecule has 0 unspecified atom stereocenters. The van der Waals surface area contributed by atoms with Crippen molar-refractivity contribution < 1.29 is 14.4 Å². The first kappa shape index (κ1) is 21.6. The molecular formula is C24H25ClN3O3P. The second kappa shape index (κ2) is 8.27. The molecule has 2 heterocycles. The quantitative estimate of drug-likeness (QED) is 0.326. The van der Waals surface area contributed by atoms with Crippen LogP contribution in [0.1, 0.15) is 42.7 Å². The molecule has 0 spiro atoms. The summed E-state index contributed by atoms with van der Waals surface area (Å²) >= 11 is 6.38. The van der Waals surface area contributed by atoms with E-state index in [1.165, 1.54) is 11.9 Å². The number of aromatic nitrogens is 2. The van der Waals surface area contributed by atoms with Gasteiger partial charge < -0.3 is 9.79 Å². The monoisotopic (exact) mass is 469 g/mol. The second-order valence-electron chi connectivity index (χ2n) is 8.86. The number of nitrogens with zero attached hydrogens (tertiary/aromatic N) is 3. The maximum absolute atomic E-state index is 11.3. The zero-order valence-corrected chi connectivity index (χ0v) is 19.2. The summed E-state index contributed by atoms with van der Waals surface area (Å²) in [7, 11) is -3.93. The molecule has 32 heavy (non-hydrogen) atoms. The van der Waals surface area contributed by atoms with Crippen LogP contribution < -0.4 is 4.90 Å². The first-order chi connectivity index (χ1) is 15.3. The molecule has 6 nitrogen and oxygen atoms in total. The summed E-state index contributed by atoms with van der Waals surface area (Å²) in [5.41, 5.74) is 4.94. The van der Waals surface area contributed by atoms with Gasteiger partial charge in [-0.25, -0.2) is 9.97 Å². The number of rotatable bonds is 5. The lowest BCUT2D eigenvalue weighted by molar-refractivity contribution is 0.316. The van der Waals surface area contributed by atoms with E-state index in [0.29, 0.717) is 11.1 Å². The van der Waals surface area contributed by atoms with Crippen molar-refractivity contribution in [2.75, 3.05) is 11.1 Å². The van der Waals surface area contributed by atoms with E-state index in [1.807, 2.05) is 0 Å². The zero-order valence-electron chi connectivity index (χ0n) is 17.6. The van der Waals surface area contributed by atoms with Gasteiger partial charge in [0.25, 0.3) is 0 Å². The first-order valence-electron chi connectivity index (χ1n) is 10.8. The maximum atomic E-state index is 11.3. The number of fused-ring (bicyclic) bond motifs is 1. The number of anilines is 2. The van der Waals surface area contributed by atoms with E-state index in [0.717, 1.165) is 54.0 Å². The van der Waals surface area contributed by atoms with Crippen molar-refractivity contribution in [3.8, 4) is 0 Å². The Morgan fingerprint density at radius 2 is 1.78 bits per heavy atom. The molecule has 1 aromatic carbocycles. The molecular weight excluding hydrogens is 445 g/mol. The van der Waals surface area contributed by atoms with E-state index in [9.17, 15) is 14.4 Å². The molecule has 5 rings (SSSR count). The number of hydrogen-bond donors (Lipinski definition) is 2. The molecule has 2 N–H and O–H groups in total. The summed E-state index contributed by atoms with van der Waals surface area (Å²) in [5, 5.41) is 0.396. The van der Waals surface area contributed by atoms with Gasteiger partial charge in [0, 0.05) is 17.3 Å². The van der Waals surface area contributed by atoms with Crippen LogP contribution in [0.5, 0.6) is 0 Å². The van der Waals surface area contributed by atoms with Crippen LogP contribution in [0.4, 0.5) is 11.5 Å². The Balaban J connectivity index is 1.38. The van der Waals surface area contributed by atoms with Gasteiger partial charge in [-0.3, -0.25) is 9.46 Å². The predicted molar refractivity (Wildman–Crippen MR) is 127 cm³/mol. The van der Waals surface area contributed by atoms with Crippen LogP contribution in [0.2, 0.25) is 5.15 Å². The predicted octanol–water partition coefficient (Wildman–Crippen LogP) is 5.82. The Hall–Kier alpha value is -2.24. The third-order valence-corrected chi connectivity index (χ3v) is 7.86. The van der Waals surface area contributed by atoms with Gasteiger partial charge in [0.2, 0.25) is 0 Å². The van der Waals surface area contributed by atoms with E-state index in [4.69, 9.17) is 11.6 Å². The van der Waals surface area contributed by atoms with Crippen molar-refractivity contribution in [2.45, 2.75) is 31.6 Å². The van der Waals surface area contributed by atoms with Gasteiger partial charge >= 0.3 is 7.60 Å². The Kier molecular flexibility index (Phi) is 5.58. The highest BCUT2D eigenvalue weighted by molar-refractivity contribution is 7.51. The minimum Gasteiger partial charge on any atom is -0.324 e. The van der Waals surface area contributed by atoms with Crippen LogP contribution in [0.3, 0.4) is 0 Å². The molecule has 1 fully saturated rings. The Morgan fingerprint density at radius 1 is 1.09 bits per heavy atom. The van der Waals surface area contributed by atoms with Gasteiger partial charge in [0.1, 0.15) is 17.3 Å². The number of benzene rings is 1. The molecule has 1 saturated carbocycles. The molecule has 166 valence electrons. The fraction of sp³-hybridized carbons (Fsp3) is 0.333. The van der Waals surface area contributed by atoms with Crippen LogP contribution in [0.25, 0.3) is 5.57 Å². The second-order valence-corrected chi connectivity index (χ2v) is 10.9. The van der Waals surface area contributed by atoms with Crippen LogP contribution in [0.15, 0.2) is 61.1 Å². The maximum Gasteiger partial charge on any atom is 0.325 e. The SMILES string of the molecule is C=C1C=C(C2C=C2)N(c2ccc(C3CCC(CP(=O)(O)O)CC3)cc2)c2ncnc(Cl)c21. The molecule has 1 aromatic heterocycles. The minimum absolute atomic E-state index is 0.00699. The van der Waals surface area contributed by atoms with Gasteiger partial charge in [-0.1, -0.05) is 42.5 Å². The van der Waals surface area contributed by atoms with Gasteiger partial charge in [-0.2, -0.15) is 0 Å². The average molecular weight is 470 g/mol. The first-order valence-corrected chi connectivity index (χ1v) is 13.0. The van der Waals surface area contributed by atoms with Gasteiger partial charge in [-0.15, -0.1) is 0 Å². The van der Waals surface area contributed by atoms with Crippen molar-refractivity contribution in [3.05, 3.63) is 77.4 Å². The standard InChI is InChI=1S/C24H25ClN3O3P/c1-15-12-21(19-6-7-19)28(24-22(15)23(25)26-14-27-24)20-10-8-18(9-11-20)17-4-2-16(3-5-17)13-32(29,30)31/h6-12,14,16-17,19H,1-5,13H2,(H2,29,30,31). The van der Waals surface area contributed by atoms with Gasteiger partial charge in [-0.05, 0) is 66.9 Å². The minimum atomic E-state index is -3.93. The Bertz CT molecular complexity index is 1160. The van der Waals surface area contributed by atoms with Crippen molar-refractivity contribution in [2.24, 2.45) is 11.8 Å². The molecule has 0 saturated heterocycles. The zero-order chi connectivity index (χ0) is 22.5. The molecule has 0 bridgehead atoms. The number of hydrogen-bond acceptors (Lipinski definition) is 4. The van der Waals surface area contributed by atoms with Gasteiger partial charge in [0.05, 0.1) is 11.7 Å². The number of halogens is 1. The molecule has 2 aromatic rings. The van der Waals surface area contributed by atoms with Crippen LogP contribution >= 0.6 is 19.2 Å². The highest BCUT2D eigenvalue weighted by Crippen LogP contribution is 2.47. The van der Waals surface area contributed by atoms with Gasteiger partial charge in [0.15, 0.2) is 0 Å². The third-order valence-electron chi connectivity index (χ3n) is 6.59.